The van der Waals surface area contributed by atoms with Crippen LogP contribution >= 0.6 is 0 Å². The molecule has 1 saturated heterocycles. The van der Waals surface area contributed by atoms with Crippen LogP contribution in [0.3, 0.4) is 0 Å². The molecule has 0 aliphatic carbocycles. The van der Waals surface area contributed by atoms with Gasteiger partial charge in [0, 0.05) is 0 Å². The van der Waals surface area contributed by atoms with Gasteiger partial charge in [0.05, 0.1) is 0 Å². The summed E-state index contributed by atoms with van der Waals surface area (Å²) in [5.74, 6) is -0.202. The minimum absolute atomic E-state index is 0.202. The zero-order valence-electron chi connectivity index (χ0n) is 6.45. The summed E-state index contributed by atoms with van der Waals surface area (Å²) >= 11 is 0.470. The van der Waals surface area contributed by atoms with Gasteiger partial charge in [0.1, 0.15) is 0 Å². The fourth-order valence-electron chi connectivity index (χ4n) is 0.888. The summed E-state index contributed by atoms with van der Waals surface area (Å²) in [7, 11) is 0. The van der Waals surface area contributed by atoms with Crippen molar-refractivity contribution >= 4 is 20.9 Å². The van der Waals surface area contributed by atoms with Gasteiger partial charge in [-0.2, -0.15) is 0 Å². The topological polar surface area (TPSA) is 46.5 Å². The van der Waals surface area contributed by atoms with E-state index in [9.17, 15) is 9.90 Å². The van der Waals surface area contributed by atoms with Gasteiger partial charge in [-0.1, -0.05) is 0 Å². The van der Waals surface area contributed by atoms with Gasteiger partial charge in [-0.25, -0.2) is 0 Å². The Labute approximate surface area is 72.3 Å². The third-order valence-electron chi connectivity index (χ3n) is 1.57. The molecule has 4 heteroatoms. The molecule has 0 bridgehead atoms. The average molecular weight is 223 g/mol. The molecule has 1 heterocycles. The monoisotopic (exact) mass is 224 g/mol. The van der Waals surface area contributed by atoms with Crippen LogP contribution in [-0.4, -0.2) is 38.2 Å². The Morgan fingerprint density at radius 1 is 1.73 bits per heavy atom. The maximum atomic E-state index is 10.8. The third-order valence-corrected chi connectivity index (χ3v) is 3.97. The van der Waals surface area contributed by atoms with Crippen LogP contribution in [0.5, 0.6) is 0 Å². The molecule has 1 aliphatic heterocycles. The molecule has 0 radical (unpaired) electrons. The third kappa shape index (κ3) is 2.47. The van der Waals surface area contributed by atoms with Crippen LogP contribution in [0.2, 0.25) is 10.6 Å². The second kappa shape index (κ2) is 4.10. The predicted octanol–water partition coefficient (Wildman–Crippen LogP) is 0.223. The van der Waals surface area contributed by atoms with Gasteiger partial charge in [0.15, 0.2) is 0 Å². The van der Waals surface area contributed by atoms with Crippen LogP contribution in [0.4, 0.5) is 0 Å². The van der Waals surface area contributed by atoms with E-state index in [-0.39, 0.29) is 12.1 Å². The first-order valence-corrected chi connectivity index (χ1v) is 6.11. The molecule has 0 saturated carbocycles. The Bertz CT molecular complexity index is 149. The van der Waals surface area contributed by atoms with Crippen molar-refractivity contribution in [3.8, 4) is 0 Å². The van der Waals surface area contributed by atoms with Gasteiger partial charge in [-0.15, -0.1) is 0 Å². The first-order valence-electron chi connectivity index (χ1n) is 3.69. The van der Waals surface area contributed by atoms with Crippen molar-refractivity contribution in [2.45, 2.75) is 36.2 Å². The normalized spacial score (nSPS) is 30.4. The van der Waals surface area contributed by atoms with E-state index in [0.29, 0.717) is 21.4 Å². The van der Waals surface area contributed by atoms with E-state index >= 15 is 0 Å². The minimum atomic E-state index is -0.398. The molecule has 1 rings (SSSR count). The second-order valence-electron chi connectivity index (χ2n) is 2.49. The van der Waals surface area contributed by atoms with Crippen molar-refractivity contribution in [1.82, 2.24) is 0 Å². The van der Waals surface area contributed by atoms with Crippen LogP contribution in [0.25, 0.3) is 0 Å². The van der Waals surface area contributed by atoms with Crippen LogP contribution in [0, 0.1) is 0 Å². The van der Waals surface area contributed by atoms with E-state index in [4.69, 9.17) is 4.74 Å². The fraction of sp³-hybridized carbons (Fsp3) is 0.857. The number of rotatable bonds is 2. The van der Waals surface area contributed by atoms with E-state index in [0.717, 1.165) is 10.6 Å². The van der Waals surface area contributed by atoms with Crippen molar-refractivity contribution in [2.75, 3.05) is 0 Å². The number of carbonyl (C=O) groups excluding carboxylic acids is 1. The number of hydrogen-bond acceptors (Lipinski definition) is 3. The zero-order chi connectivity index (χ0) is 8.27. The fourth-order valence-corrected chi connectivity index (χ4v) is 3.23. The first kappa shape index (κ1) is 9.04. The summed E-state index contributed by atoms with van der Waals surface area (Å²) in [6, 6.07) is 0. The van der Waals surface area contributed by atoms with E-state index in [1.165, 1.54) is 0 Å². The average Bonchev–Trinajstić information content (AvgIpc) is 2.37. The van der Waals surface area contributed by atoms with Gasteiger partial charge in [0.2, 0.25) is 0 Å². The van der Waals surface area contributed by atoms with Crippen molar-refractivity contribution < 1.29 is 14.6 Å². The molecular weight excluding hydrogens is 211 g/mol. The molecule has 2 atom stereocenters. The Morgan fingerprint density at radius 2 is 2.45 bits per heavy atom. The molecule has 0 aromatic carbocycles. The summed E-state index contributed by atoms with van der Waals surface area (Å²) in [6.45, 7) is 1.76. The van der Waals surface area contributed by atoms with Gasteiger partial charge < -0.3 is 0 Å². The summed E-state index contributed by atoms with van der Waals surface area (Å²) in [5.41, 5.74) is 0. The van der Waals surface area contributed by atoms with Crippen LogP contribution in [0.15, 0.2) is 0 Å². The quantitative estimate of drug-likeness (QED) is 0.538. The molecule has 0 aromatic heterocycles. The number of esters is 1. The number of aliphatic hydroxyl groups is 1. The molecule has 3 nitrogen and oxygen atoms in total. The molecular formula is C7H12O3Se. The number of carbonyl (C=O) groups is 1. The van der Waals surface area contributed by atoms with Crippen LogP contribution < -0.4 is 0 Å². The molecule has 1 N–H and O–H groups in total. The molecule has 64 valence electrons. The Balaban J connectivity index is 2.30. The van der Waals surface area contributed by atoms with E-state index in [1.54, 1.807) is 6.92 Å². The van der Waals surface area contributed by atoms with Gasteiger partial charge in [-0.05, 0) is 0 Å². The van der Waals surface area contributed by atoms with Crippen LogP contribution in [-0.2, 0) is 9.53 Å². The van der Waals surface area contributed by atoms with E-state index in [2.05, 4.69) is 0 Å². The SMILES string of the molecule is CCC(=O)O[C@H]1C[Se]C[C@@H]1O. The Morgan fingerprint density at radius 3 is 2.91 bits per heavy atom. The van der Waals surface area contributed by atoms with E-state index < -0.39 is 6.10 Å². The van der Waals surface area contributed by atoms with Gasteiger partial charge >= 0.3 is 71.8 Å². The molecule has 0 aromatic rings. The van der Waals surface area contributed by atoms with Crippen LogP contribution in [0.1, 0.15) is 13.3 Å². The molecule has 0 unspecified atom stereocenters. The molecule has 1 fully saturated rings. The van der Waals surface area contributed by atoms with Crippen molar-refractivity contribution in [2.24, 2.45) is 0 Å². The van der Waals surface area contributed by atoms with Crippen molar-refractivity contribution in [3.63, 3.8) is 0 Å². The molecule has 0 amide bonds. The second-order valence-corrected chi connectivity index (χ2v) is 4.74. The number of aliphatic hydroxyl groups excluding tert-OH is 1. The van der Waals surface area contributed by atoms with Gasteiger partial charge in [0.25, 0.3) is 0 Å². The first-order chi connectivity index (χ1) is 5.24. The number of hydrogen-bond donors (Lipinski definition) is 1. The predicted molar refractivity (Wildman–Crippen MR) is 41.5 cm³/mol. The molecule has 0 spiro atoms. The van der Waals surface area contributed by atoms with Crippen molar-refractivity contribution in [1.29, 1.82) is 0 Å². The zero-order valence-corrected chi connectivity index (χ0v) is 8.16. The molecule has 1 aliphatic rings. The standard InChI is InChI=1S/C7H12O3Se/c1-2-7(9)10-6-4-11-3-5(6)8/h5-6,8H,2-4H2,1H3/t5-,6-/m0/s1. The Kier molecular flexibility index (Phi) is 3.37. The Hall–Kier alpha value is -0.0505. The van der Waals surface area contributed by atoms with Crippen molar-refractivity contribution in [3.05, 3.63) is 0 Å². The van der Waals surface area contributed by atoms with E-state index in [1.807, 2.05) is 0 Å². The summed E-state index contributed by atoms with van der Waals surface area (Å²) < 4.78 is 5.00. The summed E-state index contributed by atoms with van der Waals surface area (Å²) in [5, 5.41) is 11.0. The summed E-state index contributed by atoms with van der Waals surface area (Å²) in [4.78, 5) is 10.8. The maximum absolute atomic E-state index is 10.8. The number of ether oxygens (including phenoxy) is 1. The van der Waals surface area contributed by atoms with Gasteiger partial charge in [-0.3, -0.25) is 0 Å². The summed E-state index contributed by atoms with van der Waals surface area (Å²) in [6.07, 6.45) is -0.205. The molecule has 11 heavy (non-hydrogen) atoms.